The summed E-state index contributed by atoms with van der Waals surface area (Å²) in [7, 11) is 2.02. The van der Waals surface area contributed by atoms with E-state index in [0.29, 0.717) is 28.2 Å². The fourth-order valence-electron chi connectivity index (χ4n) is 7.86. The second kappa shape index (κ2) is 15.7. The minimum atomic E-state index is -2.54. The van der Waals surface area contributed by atoms with Gasteiger partial charge in [-0.05, 0) is 90.5 Å². The van der Waals surface area contributed by atoms with Gasteiger partial charge in [-0.2, -0.15) is 0 Å². The summed E-state index contributed by atoms with van der Waals surface area (Å²) in [5.74, 6) is 0.124. The summed E-state index contributed by atoms with van der Waals surface area (Å²) in [6.07, 6.45) is 2.09. The van der Waals surface area contributed by atoms with Crippen LogP contribution in [-0.2, 0) is 29.0 Å². The molecule has 2 aliphatic rings. The molecule has 0 bridgehead atoms. The lowest BCUT2D eigenvalue weighted by Gasteiger charge is -2.53. The molecule has 0 saturated heterocycles. The molecule has 0 saturated carbocycles. The van der Waals surface area contributed by atoms with E-state index in [1.54, 1.807) is 49.5 Å². The van der Waals surface area contributed by atoms with Crippen LogP contribution in [0.5, 0.6) is 11.5 Å². The van der Waals surface area contributed by atoms with E-state index in [4.69, 9.17) is 28.1 Å². The molecule has 0 unspecified atom stereocenters. The third-order valence-corrected chi connectivity index (χ3v) is 16.1. The van der Waals surface area contributed by atoms with Crippen molar-refractivity contribution in [2.24, 2.45) is 0 Å². The Balaban J connectivity index is 2.01. The van der Waals surface area contributed by atoms with Gasteiger partial charge >= 0.3 is 12.1 Å². The summed E-state index contributed by atoms with van der Waals surface area (Å²) in [6, 6.07) is 12.5. The van der Waals surface area contributed by atoms with E-state index in [-0.39, 0.29) is 47.7 Å². The fourth-order valence-corrected chi connectivity index (χ4v) is 13.4. The van der Waals surface area contributed by atoms with Gasteiger partial charge in [0.2, 0.25) is 14.1 Å². The molecule has 1 aliphatic carbocycles. The molecule has 0 fully saturated rings. The number of hydrogen-bond donors (Lipinski definition) is 0. The fraction of sp³-hybridized carbons (Fsp3) is 0.525. The van der Waals surface area contributed by atoms with Crippen molar-refractivity contribution in [1.82, 2.24) is 4.90 Å². The number of rotatable bonds is 12. The molecule has 1 aliphatic heterocycles. The number of hydrogen-bond acceptors (Lipinski definition) is 9. The minimum absolute atomic E-state index is 0.0560. The van der Waals surface area contributed by atoms with Gasteiger partial charge in [0.25, 0.3) is 0 Å². The molecular weight excluding hydrogens is 667 g/mol. The van der Waals surface area contributed by atoms with Crippen LogP contribution in [0.3, 0.4) is 0 Å². The maximum absolute atomic E-state index is 14.6. The van der Waals surface area contributed by atoms with Gasteiger partial charge in [0.1, 0.15) is 11.1 Å². The molecule has 0 radical (unpaired) electrons. The molecule has 0 N–H and O–H groups in total. The first-order valence-corrected chi connectivity index (χ1v) is 19.8. The van der Waals surface area contributed by atoms with Crippen LogP contribution < -0.4 is 9.47 Å². The summed E-state index contributed by atoms with van der Waals surface area (Å²) in [6.45, 7) is 18.8. The third kappa shape index (κ3) is 7.74. The van der Waals surface area contributed by atoms with Crippen LogP contribution >= 0.6 is 0 Å². The number of carbonyl (C=O) groups is 3. The Morgan fingerprint density at radius 2 is 1.49 bits per heavy atom. The zero-order valence-corrected chi connectivity index (χ0v) is 33.2. The number of ketones is 1. The second-order valence-corrected chi connectivity index (χ2v) is 20.5. The Bertz CT molecular complexity index is 1640. The van der Waals surface area contributed by atoms with Crippen molar-refractivity contribution in [1.29, 1.82) is 0 Å². The van der Waals surface area contributed by atoms with Gasteiger partial charge in [0.15, 0.2) is 17.3 Å². The Morgan fingerprint density at radius 1 is 0.902 bits per heavy atom. The van der Waals surface area contributed by atoms with Crippen molar-refractivity contribution in [3.63, 3.8) is 0 Å². The number of benzene rings is 2. The van der Waals surface area contributed by atoms with Crippen LogP contribution in [0.25, 0.3) is 0 Å². The van der Waals surface area contributed by atoms with E-state index in [0.717, 1.165) is 5.56 Å². The maximum Gasteiger partial charge on any atom is 0.411 e. The molecule has 2 aromatic carbocycles. The van der Waals surface area contributed by atoms with Crippen LogP contribution in [0.15, 0.2) is 65.9 Å². The second-order valence-electron chi connectivity index (χ2n) is 15.1. The Labute approximate surface area is 304 Å². The highest BCUT2D eigenvalue weighted by molar-refractivity contribution is 6.77. The Hall–Kier alpha value is -4.09. The van der Waals surface area contributed by atoms with E-state index >= 15 is 0 Å². The predicted octanol–water partition coefficient (Wildman–Crippen LogP) is 8.67. The lowest BCUT2D eigenvalue weighted by molar-refractivity contribution is -0.114. The van der Waals surface area contributed by atoms with E-state index < -0.39 is 37.6 Å². The zero-order valence-electron chi connectivity index (χ0n) is 32.2. The van der Waals surface area contributed by atoms with Crippen molar-refractivity contribution in [3.05, 3.63) is 82.6 Å². The van der Waals surface area contributed by atoms with Crippen LogP contribution in [0, 0.1) is 0 Å². The van der Waals surface area contributed by atoms with Gasteiger partial charge in [0, 0.05) is 6.42 Å². The van der Waals surface area contributed by atoms with Gasteiger partial charge in [0.05, 0.1) is 46.1 Å². The topological polar surface area (TPSA) is 110 Å². The number of carbonyl (C=O) groups excluding carboxylic acids is 3. The average molecular weight is 722 g/mol. The van der Waals surface area contributed by atoms with Gasteiger partial charge < -0.3 is 28.1 Å². The number of fused-ring (bicyclic) bond motifs is 2. The summed E-state index contributed by atoms with van der Waals surface area (Å²) in [5.41, 5.74) is 0.887. The van der Waals surface area contributed by atoms with Crippen LogP contribution in [0.2, 0.25) is 16.6 Å². The molecule has 1 spiro atoms. The first kappa shape index (κ1) is 39.7. The minimum Gasteiger partial charge on any atom is -0.493 e. The first-order chi connectivity index (χ1) is 24.0. The molecule has 4 rings (SSSR count). The highest BCUT2D eigenvalue weighted by Crippen LogP contribution is 2.55. The van der Waals surface area contributed by atoms with E-state index in [1.807, 2.05) is 39.0 Å². The molecule has 11 heteroatoms. The summed E-state index contributed by atoms with van der Waals surface area (Å²) in [4.78, 5) is 42.7. The summed E-state index contributed by atoms with van der Waals surface area (Å²) in [5, 5.41) is 0. The number of nitrogens with zero attached hydrogens (tertiary/aromatic N) is 1. The summed E-state index contributed by atoms with van der Waals surface area (Å²) >= 11 is 0. The van der Waals surface area contributed by atoms with Crippen molar-refractivity contribution in [2.75, 3.05) is 34.5 Å². The number of ether oxygens (including phenoxy) is 5. The van der Waals surface area contributed by atoms with Crippen molar-refractivity contribution in [3.8, 4) is 11.5 Å². The van der Waals surface area contributed by atoms with Crippen LogP contribution in [0.4, 0.5) is 4.79 Å². The van der Waals surface area contributed by atoms with Gasteiger partial charge in [-0.25, -0.2) is 9.59 Å². The number of amides is 1. The van der Waals surface area contributed by atoms with Crippen LogP contribution in [0.1, 0.15) is 96.3 Å². The van der Waals surface area contributed by atoms with Crippen molar-refractivity contribution in [2.45, 2.75) is 103 Å². The maximum atomic E-state index is 14.6. The zero-order chi connectivity index (χ0) is 37.9. The molecule has 0 aromatic heterocycles. The molecule has 1 amide bonds. The molecule has 51 heavy (non-hydrogen) atoms. The largest absolute Gasteiger partial charge is 0.493 e. The standard InChI is InChI=1S/C40H55NO9Si/c1-25(2)51(26(3)4,27(5)6)50-36-24-41(38(44)49-39(7,8)9)40(31-22-34(46-11)33(45-10)21-30(31)36)23-35(47-12)32(42)20-29(40)18-19-48-37(43)28-16-14-13-15-17-28/h13-17,20-23,25-27,36H,18-19,24H2,1-12H3/t36-,40+/m1/s1. The van der Waals surface area contributed by atoms with Crippen molar-refractivity contribution >= 4 is 26.2 Å². The average Bonchev–Trinajstić information content (AvgIpc) is 3.07. The number of allylic oxidation sites excluding steroid dienone is 1. The lowest BCUT2D eigenvalue weighted by atomic mass is 9.71. The molecular formula is C40H55NO9Si. The van der Waals surface area contributed by atoms with E-state index in [1.165, 1.54) is 13.2 Å². The molecule has 278 valence electrons. The molecule has 10 nitrogen and oxygen atoms in total. The quantitative estimate of drug-likeness (QED) is 0.157. The monoisotopic (exact) mass is 721 g/mol. The number of esters is 1. The highest BCUT2D eigenvalue weighted by atomic mass is 28.4. The molecule has 2 aromatic rings. The van der Waals surface area contributed by atoms with E-state index in [9.17, 15) is 14.4 Å². The van der Waals surface area contributed by atoms with Crippen molar-refractivity contribution < 1.29 is 42.5 Å². The third-order valence-electron chi connectivity index (χ3n) is 9.97. The van der Waals surface area contributed by atoms with Gasteiger partial charge in [-0.3, -0.25) is 9.69 Å². The first-order valence-electron chi connectivity index (χ1n) is 17.7. The van der Waals surface area contributed by atoms with E-state index in [2.05, 4.69) is 41.5 Å². The Kier molecular flexibility index (Phi) is 12.2. The molecule has 1 heterocycles. The SMILES string of the molecule is COC1=C[C@]2(C(CCOC(=O)c3ccccc3)=CC1=O)c1cc(OC)c(OC)cc1[C@H](O[Si](C(C)C)(C(C)C)C(C)C)CN2C(=O)OC(C)(C)C. The Morgan fingerprint density at radius 3 is 2.02 bits per heavy atom. The number of methoxy groups -OCH3 is 3. The van der Waals surface area contributed by atoms with Gasteiger partial charge in [-0.1, -0.05) is 59.7 Å². The predicted molar refractivity (Wildman–Crippen MR) is 199 cm³/mol. The van der Waals surface area contributed by atoms with Crippen LogP contribution in [-0.4, -0.2) is 71.1 Å². The highest BCUT2D eigenvalue weighted by Gasteiger charge is 2.56. The van der Waals surface area contributed by atoms with Gasteiger partial charge in [-0.15, -0.1) is 0 Å². The summed E-state index contributed by atoms with van der Waals surface area (Å²) < 4.78 is 36.6. The lowest BCUT2D eigenvalue weighted by Crippen LogP contribution is -2.59. The smallest absolute Gasteiger partial charge is 0.411 e. The molecule has 2 atom stereocenters. The normalized spacial score (nSPS) is 19.2.